The largest absolute Gasteiger partial charge is 0.376 e. The third kappa shape index (κ3) is 2.57. The second kappa shape index (κ2) is 4.77. The van der Waals surface area contributed by atoms with Gasteiger partial charge in [-0.15, -0.1) is 14.1 Å². The van der Waals surface area contributed by atoms with Gasteiger partial charge in [0.25, 0.3) is 0 Å². The van der Waals surface area contributed by atoms with Gasteiger partial charge in [-0.25, -0.2) is 9.18 Å². The molecule has 0 aliphatic heterocycles. The molecule has 0 N–H and O–H groups in total. The van der Waals surface area contributed by atoms with Crippen LogP contribution in [0, 0.1) is 4.91 Å². The van der Waals surface area contributed by atoms with Crippen LogP contribution in [0.5, 0.6) is 0 Å². The Hall–Kier alpha value is -1.35. The van der Waals surface area contributed by atoms with Crippen molar-refractivity contribution in [2.75, 3.05) is 0 Å². The highest BCUT2D eigenvalue weighted by Crippen LogP contribution is 2.18. The zero-order valence-electron chi connectivity index (χ0n) is 7.01. The molecule has 1 aromatic carbocycles. The molecule has 0 fully saturated rings. The summed E-state index contributed by atoms with van der Waals surface area (Å²) in [5, 5.41) is 2.72. The summed E-state index contributed by atoms with van der Waals surface area (Å²) in [7, 11) is 2.42. The molecule has 0 amide bonds. The second-order valence-electron chi connectivity index (χ2n) is 2.51. The zero-order chi connectivity index (χ0) is 10.6. The van der Waals surface area contributed by atoms with Crippen LogP contribution in [-0.4, -0.2) is 5.97 Å². The van der Waals surface area contributed by atoms with E-state index < -0.39 is 12.1 Å². The van der Waals surface area contributed by atoms with Crippen LogP contribution in [0.15, 0.2) is 29.6 Å². The minimum Gasteiger partial charge on any atom is -0.281 e. The van der Waals surface area contributed by atoms with Crippen LogP contribution in [0.25, 0.3) is 0 Å². The number of nitrogens with zero attached hydrogens (tertiary/aromatic N) is 1. The van der Waals surface area contributed by atoms with E-state index in [1.807, 2.05) is 5.34 Å². The molecule has 14 heavy (non-hydrogen) atoms. The zero-order valence-corrected chi connectivity index (χ0v) is 8.17. The molecule has 6 heteroatoms. The van der Waals surface area contributed by atoms with E-state index in [0.29, 0.717) is 0 Å². The number of alkyl halides is 1. The normalized spacial score (nSPS) is 11.9. The van der Waals surface area contributed by atoms with Gasteiger partial charge in [0, 0.05) is 0 Å². The number of hydrogen-bond donors (Lipinski definition) is 0. The average Bonchev–Trinajstić information content (AvgIpc) is 2.18. The van der Waals surface area contributed by atoms with Gasteiger partial charge in [-0.3, -0.25) is 4.84 Å². The summed E-state index contributed by atoms with van der Waals surface area (Å²) < 4.78 is 13.2. The van der Waals surface area contributed by atoms with Crippen molar-refractivity contribution >= 4 is 20.5 Å². The Morgan fingerprint density at radius 1 is 1.43 bits per heavy atom. The van der Waals surface area contributed by atoms with Gasteiger partial charge in [-0.2, -0.15) is 0 Å². The molecular formula is C8H7FNO3P. The van der Waals surface area contributed by atoms with Gasteiger partial charge in [-0.1, -0.05) is 24.3 Å². The monoisotopic (exact) mass is 215 g/mol. The first-order valence-corrected chi connectivity index (χ1v) is 4.26. The molecule has 2 unspecified atom stereocenters. The Kier molecular flexibility index (Phi) is 3.65. The van der Waals surface area contributed by atoms with Crippen molar-refractivity contribution < 1.29 is 14.0 Å². The summed E-state index contributed by atoms with van der Waals surface area (Å²) in [5.41, 5.74) is 0.129. The van der Waals surface area contributed by atoms with Gasteiger partial charge in [0.2, 0.25) is 6.17 Å². The van der Waals surface area contributed by atoms with Gasteiger partial charge < -0.3 is 0 Å². The van der Waals surface area contributed by atoms with Crippen molar-refractivity contribution in [3.8, 4) is 0 Å². The third-order valence-electron chi connectivity index (χ3n) is 1.56. The molecule has 1 aromatic rings. The van der Waals surface area contributed by atoms with Gasteiger partial charge >= 0.3 is 5.97 Å². The van der Waals surface area contributed by atoms with E-state index in [2.05, 4.69) is 14.1 Å². The Morgan fingerprint density at radius 2 is 2.00 bits per heavy atom. The summed E-state index contributed by atoms with van der Waals surface area (Å²) in [4.78, 5) is 23.9. The number of rotatable bonds is 3. The number of carbonyl (C=O) groups is 1. The minimum atomic E-state index is -1.97. The van der Waals surface area contributed by atoms with Crippen LogP contribution in [0.4, 0.5) is 4.39 Å². The Labute approximate surface area is 81.6 Å². The van der Waals surface area contributed by atoms with Crippen LogP contribution in [-0.2, 0) is 9.63 Å². The highest BCUT2D eigenvalue weighted by atomic mass is 31.0. The fourth-order valence-electron chi connectivity index (χ4n) is 0.884. The smallest absolute Gasteiger partial charge is 0.281 e. The summed E-state index contributed by atoms with van der Waals surface area (Å²) in [5.74, 6) is -1.31. The van der Waals surface area contributed by atoms with Crippen LogP contribution < -0.4 is 5.30 Å². The molecule has 0 aliphatic rings. The molecule has 0 aliphatic carbocycles. The maximum Gasteiger partial charge on any atom is 0.376 e. The van der Waals surface area contributed by atoms with Crippen molar-refractivity contribution in [3.05, 3.63) is 34.7 Å². The van der Waals surface area contributed by atoms with Crippen LogP contribution in [0.3, 0.4) is 0 Å². The SMILES string of the molecule is O=NOC(=O)C(F)c1ccc(P)cc1. The number of carbonyl (C=O) groups excluding carboxylic acids is 1. The van der Waals surface area contributed by atoms with Crippen molar-refractivity contribution in [1.82, 2.24) is 0 Å². The summed E-state index contributed by atoms with van der Waals surface area (Å²) in [6.45, 7) is 0. The lowest BCUT2D eigenvalue weighted by Gasteiger charge is -2.03. The Balaban J connectivity index is 2.78. The number of benzene rings is 1. The van der Waals surface area contributed by atoms with Crippen molar-refractivity contribution in [2.45, 2.75) is 6.17 Å². The van der Waals surface area contributed by atoms with Gasteiger partial charge in [0.05, 0.1) is 0 Å². The Bertz CT molecular complexity index is 341. The maximum atomic E-state index is 13.2. The summed E-state index contributed by atoms with van der Waals surface area (Å²) >= 11 is 0. The lowest BCUT2D eigenvalue weighted by molar-refractivity contribution is -0.150. The first kappa shape index (κ1) is 10.7. The average molecular weight is 215 g/mol. The van der Waals surface area contributed by atoms with E-state index in [4.69, 9.17) is 0 Å². The molecule has 4 nitrogen and oxygen atoms in total. The van der Waals surface area contributed by atoms with Gasteiger partial charge in [-0.05, 0) is 10.9 Å². The molecule has 0 saturated carbocycles. The molecule has 74 valence electrons. The topological polar surface area (TPSA) is 55.7 Å². The van der Waals surface area contributed by atoms with Crippen LogP contribution in [0.1, 0.15) is 11.7 Å². The Morgan fingerprint density at radius 3 is 2.50 bits per heavy atom. The van der Waals surface area contributed by atoms with E-state index in [1.54, 1.807) is 12.1 Å². The predicted molar refractivity (Wildman–Crippen MR) is 51.5 cm³/mol. The summed E-state index contributed by atoms with van der Waals surface area (Å²) in [6.07, 6.45) is -1.97. The highest BCUT2D eigenvalue weighted by molar-refractivity contribution is 7.27. The lowest BCUT2D eigenvalue weighted by atomic mass is 10.1. The van der Waals surface area contributed by atoms with Crippen molar-refractivity contribution in [2.24, 2.45) is 5.34 Å². The lowest BCUT2D eigenvalue weighted by Crippen LogP contribution is -2.09. The van der Waals surface area contributed by atoms with Crippen LogP contribution in [0.2, 0.25) is 0 Å². The predicted octanol–water partition coefficient (Wildman–Crippen LogP) is 1.42. The molecule has 1 rings (SSSR count). The molecule has 0 bridgehead atoms. The molecule has 0 heterocycles. The van der Waals surface area contributed by atoms with Crippen molar-refractivity contribution in [3.63, 3.8) is 0 Å². The quantitative estimate of drug-likeness (QED) is 0.435. The first-order valence-electron chi connectivity index (χ1n) is 3.68. The number of halogens is 1. The molecular weight excluding hydrogens is 208 g/mol. The van der Waals surface area contributed by atoms with E-state index in [-0.39, 0.29) is 5.56 Å². The van der Waals surface area contributed by atoms with Gasteiger partial charge in [0.1, 0.15) is 0 Å². The summed E-state index contributed by atoms with van der Waals surface area (Å²) in [6, 6.07) is 6.10. The molecule has 0 saturated heterocycles. The van der Waals surface area contributed by atoms with Crippen LogP contribution >= 0.6 is 9.24 Å². The highest BCUT2D eigenvalue weighted by Gasteiger charge is 2.21. The van der Waals surface area contributed by atoms with Gasteiger partial charge in [0.15, 0.2) is 5.34 Å². The third-order valence-corrected chi connectivity index (χ3v) is 1.95. The van der Waals surface area contributed by atoms with E-state index in [9.17, 15) is 14.1 Å². The van der Waals surface area contributed by atoms with Crippen molar-refractivity contribution in [1.29, 1.82) is 0 Å². The fourth-order valence-corrected chi connectivity index (χ4v) is 1.08. The standard InChI is InChI=1S/C8H7FNO3P/c9-7(8(11)13-10-12)5-1-3-6(14)4-2-5/h1-4,7H,14H2. The maximum absolute atomic E-state index is 13.2. The first-order chi connectivity index (χ1) is 6.65. The van der Waals surface area contributed by atoms with E-state index in [1.165, 1.54) is 12.1 Å². The second-order valence-corrected chi connectivity index (χ2v) is 3.18. The molecule has 2 atom stereocenters. The molecule has 0 spiro atoms. The number of hydrogen-bond acceptors (Lipinski definition) is 4. The molecule has 0 aromatic heterocycles. The molecule has 0 radical (unpaired) electrons. The minimum absolute atomic E-state index is 0.129. The fraction of sp³-hybridized carbons (Fsp3) is 0.125. The van der Waals surface area contributed by atoms with E-state index in [0.717, 1.165) is 5.30 Å². The van der Waals surface area contributed by atoms with E-state index >= 15 is 0 Å².